The summed E-state index contributed by atoms with van der Waals surface area (Å²) in [6.45, 7) is 0. The van der Waals surface area contributed by atoms with Gasteiger partial charge in [0, 0.05) is 0 Å². The van der Waals surface area contributed by atoms with Gasteiger partial charge in [0.05, 0.1) is 0 Å². The van der Waals surface area contributed by atoms with Gasteiger partial charge < -0.3 is 0 Å². The molecule has 30 heavy (non-hydrogen) atoms. The Kier molecular flexibility index (Phi) is 7.13. The minimum Gasteiger partial charge on any atom is -0.201 e. The third-order valence-electron chi connectivity index (χ3n) is 3.16. The third kappa shape index (κ3) is 3.56. The summed E-state index contributed by atoms with van der Waals surface area (Å²) in [6, 6.07) is 0. The Labute approximate surface area is 164 Å². The lowest BCUT2D eigenvalue weighted by atomic mass is 9.89. The number of allylic oxidation sites excluding steroid dienone is 1. The summed E-state index contributed by atoms with van der Waals surface area (Å²) in [6.07, 6.45) is -7.86. The second-order valence-corrected chi connectivity index (χ2v) is 6.04. The monoisotopic (exact) mass is 608 g/mol. The zero-order valence-corrected chi connectivity index (χ0v) is 14.7. The first-order valence-electron chi connectivity index (χ1n) is 6.03. The summed E-state index contributed by atoms with van der Waals surface area (Å²) >= 11 is -0.269. The predicted octanol–water partition coefficient (Wildman–Crippen LogP) is 7.54. The lowest BCUT2D eigenvalue weighted by Gasteiger charge is -2.42. The fourth-order valence-electron chi connectivity index (χ4n) is 1.42. The minimum atomic E-state index is -8.83. The quantitative estimate of drug-likeness (QED) is 0.207. The van der Waals surface area contributed by atoms with Crippen LogP contribution in [0.5, 0.6) is 0 Å². The Morgan fingerprint density at radius 1 is 0.400 bits per heavy atom. The van der Waals surface area contributed by atoms with Crippen molar-refractivity contribution in [2.45, 2.75) is 47.6 Å². The molecule has 0 atom stereocenters. The van der Waals surface area contributed by atoms with Crippen LogP contribution in [0.4, 0.5) is 83.4 Å². The first-order chi connectivity index (χ1) is 12.6. The normalized spacial score (nSPS) is 17.2. The fraction of sp³-hybridized carbons (Fsp3) is 0.800. The number of rotatable bonds is 7. The van der Waals surface area contributed by atoms with Crippen molar-refractivity contribution in [2.75, 3.05) is 0 Å². The molecular formula is C10F19I. The molecule has 0 aliphatic heterocycles. The molecule has 0 aromatic rings. The van der Waals surface area contributed by atoms with Crippen molar-refractivity contribution in [3.05, 3.63) is 9.66 Å². The van der Waals surface area contributed by atoms with Crippen molar-refractivity contribution < 1.29 is 83.4 Å². The summed E-state index contributed by atoms with van der Waals surface area (Å²) in [5.41, 5.74) is 0. The zero-order valence-electron chi connectivity index (χ0n) is 12.6. The molecule has 180 valence electrons. The molecule has 0 saturated heterocycles. The molecule has 0 unspecified atom stereocenters. The van der Waals surface area contributed by atoms with E-state index in [4.69, 9.17) is 0 Å². The average Bonchev–Trinajstić information content (AvgIpc) is 2.51. The number of alkyl halides is 17. The molecule has 0 radical (unpaired) electrons. The molecule has 0 aromatic carbocycles. The Hall–Kier alpha value is -0.860. The summed E-state index contributed by atoms with van der Waals surface area (Å²) in [7, 11) is 0. The highest BCUT2D eigenvalue weighted by Gasteiger charge is 2.95. The van der Waals surface area contributed by atoms with Crippen molar-refractivity contribution in [3.63, 3.8) is 0 Å². The van der Waals surface area contributed by atoms with Gasteiger partial charge in [-0.15, -0.1) is 0 Å². The zero-order chi connectivity index (χ0) is 25.2. The van der Waals surface area contributed by atoms with Gasteiger partial charge >= 0.3 is 47.6 Å². The second-order valence-electron chi connectivity index (χ2n) is 5.09. The van der Waals surface area contributed by atoms with Gasteiger partial charge in [-0.2, -0.15) is 79.0 Å². The van der Waals surface area contributed by atoms with E-state index in [9.17, 15) is 83.4 Å². The van der Waals surface area contributed by atoms with Crippen LogP contribution in [0.25, 0.3) is 0 Å². The van der Waals surface area contributed by atoms with E-state index in [2.05, 4.69) is 0 Å². The molecule has 20 heteroatoms. The molecule has 0 aliphatic rings. The highest BCUT2D eigenvalue weighted by molar-refractivity contribution is 14.1. The molecule has 0 rings (SSSR count). The molecular weight excluding hydrogens is 608 g/mol. The number of halogens is 20. The Bertz CT molecular complexity index is 678. The van der Waals surface area contributed by atoms with Gasteiger partial charge in [-0.3, -0.25) is 0 Å². The van der Waals surface area contributed by atoms with Crippen molar-refractivity contribution in [1.29, 1.82) is 0 Å². The molecule has 0 saturated carbocycles. The standard InChI is InChI=1S/C10F19I/c11-1(2(12)30)3(13,14)4(15,16)5(17,18)6(19,20)7(21,22)8(23,24)9(25,26)10(27,28)29/b2-1+. The van der Waals surface area contributed by atoms with Gasteiger partial charge in [0.2, 0.25) is 5.83 Å². The maximum absolute atomic E-state index is 13.2. The average molecular weight is 608 g/mol. The topological polar surface area (TPSA) is 0 Å². The molecule has 0 aliphatic carbocycles. The van der Waals surface area contributed by atoms with Crippen molar-refractivity contribution in [2.24, 2.45) is 0 Å². The van der Waals surface area contributed by atoms with E-state index < -0.39 is 57.3 Å². The van der Waals surface area contributed by atoms with Gasteiger partial charge in [-0.1, -0.05) is 0 Å². The summed E-state index contributed by atoms with van der Waals surface area (Å²) in [5.74, 6) is -63.3. The van der Waals surface area contributed by atoms with Crippen LogP contribution in [0.15, 0.2) is 9.66 Å². The maximum Gasteiger partial charge on any atom is 0.460 e. The van der Waals surface area contributed by atoms with Crippen molar-refractivity contribution >= 4 is 22.6 Å². The van der Waals surface area contributed by atoms with Crippen LogP contribution in [0.2, 0.25) is 0 Å². The minimum absolute atomic E-state index is 0.269. The van der Waals surface area contributed by atoms with Crippen LogP contribution < -0.4 is 0 Å². The highest BCUT2D eigenvalue weighted by Crippen LogP contribution is 2.64. The highest BCUT2D eigenvalue weighted by atomic mass is 127. The van der Waals surface area contributed by atoms with Gasteiger partial charge in [0.1, 0.15) is 0 Å². The van der Waals surface area contributed by atoms with Crippen LogP contribution in [-0.4, -0.2) is 47.6 Å². The lowest BCUT2D eigenvalue weighted by Crippen LogP contribution is -2.74. The Morgan fingerprint density at radius 3 is 0.867 bits per heavy atom. The van der Waals surface area contributed by atoms with E-state index >= 15 is 0 Å². The van der Waals surface area contributed by atoms with Gasteiger partial charge in [-0.25, -0.2) is 4.39 Å². The van der Waals surface area contributed by atoms with E-state index in [1.807, 2.05) is 0 Å². The molecule has 0 spiro atoms. The summed E-state index contributed by atoms with van der Waals surface area (Å²) in [4.78, 5) is 0. The van der Waals surface area contributed by atoms with E-state index in [0.29, 0.717) is 0 Å². The van der Waals surface area contributed by atoms with Crippen LogP contribution in [0.1, 0.15) is 0 Å². The van der Waals surface area contributed by atoms with E-state index in [1.54, 1.807) is 0 Å². The third-order valence-corrected chi connectivity index (χ3v) is 3.64. The van der Waals surface area contributed by atoms with Crippen molar-refractivity contribution in [3.8, 4) is 0 Å². The molecule has 0 amide bonds. The molecule has 0 bridgehead atoms. The molecule has 0 nitrogen and oxygen atoms in total. The second kappa shape index (κ2) is 7.34. The van der Waals surface area contributed by atoms with Gasteiger partial charge in [0.25, 0.3) is 0 Å². The first kappa shape index (κ1) is 29.1. The van der Waals surface area contributed by atoms with Crippen LogP contribution in [0.3, 0.4) is 0 Å². The molecule has 0 aromatic heterocycles. The van der Waals surface area contributed by atoms with Gasteiger partial charge in [-0.05, 0) is 22.6 Å². The first-order valence-corrected chi connectivity index (χ1v) is 7.11. The molecule has 0 heterocycles. The number of hydrogen-bond donors (Lipinski definition) is 0. The van der Waals surface area contributed by atoms with E-state index in [1.165, 1.54) is 0 Å². The van der Waals surface area contributed by atoms with E-state index in [0.717, 1.165) is 0 Å². The van der Waals surface area contributed by atoms with E-state index in [-0.39, 0.29) is 22.6 Å². The Morgan fingerprint density at radius 2 is 0.633 bits per heavy atom. The smallest absolute Gasteiger partial charge is 0.201 e. The maximum atomic E-state index is 13.2. The summed E-state index contributed by atoms with van der Waals surface area (Å²) in [5, 5.41) is 0. The SMILES string of the molecule is F/C(I)=C(\F)C(F)(F)C(F)(F)C(F)(F)C(F)(F)C(F)(F)C(F)(F)C(F)(F)C(F)(F)F. The van der Waals surface area contributed by atoms with Crippen molar-refractivity contribution in [1.82, 2.24) is 0 Å². The predicted molar refractivity (Wildman–Crippen MR) is 63.9 cm³/mol. The fourth-order valence-corrected chi connectivity index (χ4v) is 1.76. The van der Waals surface area contributed by atoms with Crippen LogP contribution >= 0.6 is 22.6 Å². The van der Waals surface area contributed by atoms with Gasteiger partial charge in [0.15, 0.2) is 3.83 Å². The molecule has 0 fully saturated rings. The lowest BCUT2D eigenvalue weighted by molar-refractivity contribution is -0.460. The van der Waals surface area contributed by atoms with Crippen LogP contribution in [0, 0.1) is 0 Å². The molecule has 0 N–H and O–H groups in total. The number of hydrogen-bond acceptors (Lipinski definition) is 0. The largest absolute Gasteiger partial charge is 0.460 e. The Balaban J connectivity index is 6.89. The van der Waals surface area contributed by atoms with Crippen LogP contribution in [-0.2, 0) is 0 Å². The summed E-state index contributed by atoms with van der Waals surface area (Å²) < 4.78 is 239.